The number of hydrogen-bond acceptors (Lipinski definition) is 3. The molecule has 2 unspecified atom stereocenters. The largest absolute Gasteiger partial charge is 0.496 e. The van der Waals surface area contributed by atoms with Gasteiger partial charge in [0.1, 0.15) is 23.2 Å². The van der Waals surface area contributed by atoms with Crippen LogP contribution in [0.1, 0.15) is 94.5 Å². The molecular weight excluding hydrogens is 571 g/mol. The Balaban J connectivity index is 1.22. The van der Waals surface area contributed by atoms with Crippen LogP contribution in [0.5, 0.6) is 0 Å². The summed E-state index contributed by atoms with van der Waals surface area (Å²) in [6, 6.07) is 13.1. The van der Waals surface area contributed by atoms with Crippen LogP contribution in [0, 0.1) is 24.6 Å². The van der Waals surface area contributed by atoms with Gasteiger partial charge in [0.15, 0.2) is 0 Å². The number of aryl methyl sites for hydroxylation is 1. The number of carbonyl (C=O) groups is 1. The zero-order chi connectivity index (χ0) is 32.5. The van der Waals surface area contributed by atoms with Crippen LogP contribution in [-0.4, -0.2) is 22.4 Å². The molecule has 4 nitrogen and oxygen atoms in total. The SMILES string of the molecule is C=Cc1ccc(-n2cc(-c3ccc(F)c(C)c3)nc2CC(=O)CC2CCCC(CCC3=CCCC=C(CC)C(OC)=C3)CC2)cc1. The van der Waals surface area contributed by atoms with Gasteiger partial charge in [0.05, 0.1) is 19.2 Å². The zero-order valence-corrected chi connectivity index (χ0v) is 27.9. The minimum absolute atomic E-state index is 0.233. The van der Waals surface area contributed by atoms with Crippen molar-refractivity contribution in [3.8, 4) is 16.9 Å². The molecule has 242 valence electrons. The number of ether oxygens (including phenoxy) is 1. The maximum absolute atomic E-state index is 14.0. The molecule has 0 saturated heterocycles. The van der Waals surface area contributed by atoms with Crippen molar-refractivity contribution in [1.29, 1.82) is 0 Å². The fraction of sp³-hybridized carbons (Fsp3) is 0.415. The van der Waals surface area contributed by atoms with Crippen LogP contribution in [0.3, 0.4) is 0 Å². The van der Waals surface area contributed by atoms with Crippen LogP contribution in [0.15, 0.2) is 90.4 Å². The summed E-state index contributed by atoms with van der Waals surface area (Å²) in [5, 5.41) is 0. The first-order valence-corrected chi connectivity index (χ1v) is 17.1. The molecule has 2 aromatic carbocycles. The average molecular weight is 621 g/mol. The third-order valence-corrected chi connectivity index (χ3v) is 9.76. The van der Waals surface area contributed by atoms with E-state index in [0.717, 1.165) is 72.6 Å². The lowest BCUT2D eigenvalue weighted by Crippen LogP contribution is -2.13. The summed E-state index contributed by atoms with van der Waals surface area (Å²) in [4.78, 5) is 18.5. The van der Waals surface area contributed by atoms with Crippen LogP contribution in [0.4, 0.5) is 4.39 Å². The second-order valence-corrected chi connectivity index (χ2v) is 13.0. The molecule has 46 heavy (non-hydrogen) atoms. The summed E-state index contributed by atoms with van der Waals surface area (Å²) in [7, 11) is 1.78. The average Bonchev–Trinajstić information content (AvgIpc) is 3.34. The van der Waals surface area contributed by atoms with Crippen molar-refractivity contribution in [2.75, 3.05) is 7.11 Å². The first-order chi connectivity index (χ1) is 22.4. The maximum Gasteiger partial charge on any atom is 0.140 e. The van der Waals surface area contributed by atoms with Gasteiger partial charge < -0.3 is 9.30 Å². The van der Waals surface area contributed by atoms with Crippen molar-refractivity contribution in [3.05, 3.63) is 113 Å². The fourth-order valence-electron chi connectivity index (χ4n) is 7.00. The van der Waals surface area contributed by atoms with Gasteiger partial charge in [0.2, 0.25) is 0 Å². The summed E-state index contributed by atoms with van der Waals surface area (Å²) >= 11 is 0. The molecule has 0 aliphatic heterocycles. The van der Waals surface area contributed by atoms with E-state index in [1.54, 1.807) is 20.1 Å². The molecule has 2 aliphatic carbocycles. The van der Waals surface area contributed by atoms with Crippen molar-refractivity contribution in [1.82, 2.24) is 9.55 Å². The van der Waals surface area contributed by atoms with Gasteiger partial charge in [-0.15, -0.1) is 0 Å². The Kier molecular flexibility index (Phi) is 11.6. The van der Waals surface area contributed by atoms with Crippen molar-refractivity contribution in [2.24, 2.45) is 11.8 Å². The Morgan fingerprint density at radius 3 is 2.57 bits per heavy atom. The molecule has 1 fully saturated rings. The van der Waals surface area contributed by atoms with Crippen LogP contribution >= 0.6 is 0 Å². The number of Topliss-reactive ketones (excluding diaryl/α,β-unsaturated/α-hetero) is 1. The molecule has 3 aromatic rings. The highest BCUT2D eigenvalue weighted by Gasteiger charge is 2.23. The van der Waals surface area contributed by atoms with Gasteiger partial charge in [0, 0.05) is 23.9 Å². The van der Waals surface area contributed by atoms with E-state index < -0.39 is 0 Å². The number of nitrogens with zero attached hydrogens (tertiary/aromatic N) is 2. The smallest absolute Gasteiger partial charge is 0.140 e. The van der Waals surface area contributed by atoms with Gasteiger partial charge in [0.25, 0.3) is 0 Å². The van der Waals surface area contributed by atoms with E-state index in [1.807, 2.05) is 47.2 Å². The second-order valence-electron chi connectivity index (χ2n) is 13.0. The number of ketones is 1. The lowest BCUT2D eigenvalue weighted by molar-refractivity contribution is -0.119. The van der Waals surface area contributed by atoms with Crippen molar-refractivity contribution in [3.63, 3.8) is 0 Å². The zero-order valence-electron chi connectivity index (χ0n) is 27.9. The van der Waals surface area contributed by atoms with Gasteiger partial charge in [-0.05, 0) is 116 Å². The summed E-state index contributed by atoms with van der Waals surface area (Å²) in [6.45, 7) is 7.81. The summed E-state index contributed by atoms with van der Waals surface area (Å²) in [5.74, 6) is 2.85. The lowest BCUT2D eigenvalue weighted by Gasteiger charge is -2.17. The van der Waals surface area contributed by atoms with E-state index in [4.69, 9.17) is 9.72 Å². The minimum Gasteiger partial charge on any atom is -0.496 e. The van der Waals surface area contributed by atoms with Crippen molar-refractivity contribution < 1.29 is 13.9 Å². The van der Waals surface area contributed by atoms with Crippen LogP contribution in [0.25, 0.3) is 23.0 Å². The molecule has 5 rings (SSSR count). The maximum atomic E-state index is 14.0. The van der Waals surface area contributed by atoms with Gasteiger partial charge >= 0.3 is 0 Å². The highest BCUT2D eigenvalue weighted by molar-refractivity contribution is 5.81. The minimum atomic E-state index is -0.235. The molecule has 0 spiro atoms. The quantitative estimate of drug-likeness (QED) is 0.189. The fourth-order valence-corrected chi connectivity index (χ4v) is 7.00. The summed E-state index contributed by atoms with van der Waals surface area (Å²) < 4.78 is 21.7. The number of halogens is 1. The summed E-state index contributed by atoms with van der Waals surface area (Å²) in [6.07, 6.45) is 22.9. The molecule has 0 amide bonds. The Morgan fingerprint density at radius 1 is 1.07 bits per heavy atom. The van der Waals surface area contributed by atoms with E-state index in [2.05, 4.69) is 31.7 Å². The molecule has 2 aliphatic rings. The highest BCUT2D eigenvalue weighted by Crippen LogP contribution is 2.34. The third kappa shape index (κ3) is 8.63. The number of benzene rings is 2. The van der Waals surface area contributed by atoms with Gasteiger partial charge in [-0.3, -0.25) is 4.79 Å². The van der Waals surface area contributed by atoms with E-state index in [-0.39, 0.29) is 18.0 Å². The number of hydrogen-bond donors (Lipinski definition) is 0. The van der Waals surface area contributed by atoms with E-state index in [1.165, 1.54) is 42.9 Å². The van der Waals surface area contributed by atoms with Gasteiger partial charge in [-0.25, -0.2) is 9.37 Å². The van der Waals surface area contributed by atoms with Crippen LogP contribution < -0.4 is 0 Å². The molecule has 0 radical (unpaired) electrons. The molecular formula is C41H49FN2O2. The Morgan fingerprint density at radius 2 is 1.83 bits per heavy atom. The Labute approximate surface area is 274 Å². The third-order valence-electron chi connectivity index (χ3n) is 9.76. The molecule has 1 heterocycles. The number of methoxy groups -OCH3 is 1. The van der Waals surface area contributed by atoms with Crippen molar-refractivity contribution in [2.45, 2.75) is 90.9 Å². The first kappa shape index (κ1) is 33.4. The topological polar surface area (TPSA) is 44.1 Å². The molecule has 2 atom stereocenters. The molecule has 1 aromatic heterocycles. The Bertz CT molecular complexity index is 1610. The molecule has 1 saturated carbocycles. The molecule has 0 N–H and O–H groups in total. The molecule has 0 bridgehead atoms. The lowest BCUT2D eigenvalue weighted by atomic mass is 9.90. The monoisotopic (exact) mass is 620 g/mol. The number of rotatable bonds is 12. The first-order valence-electron chi connectivity index (χ1n) is 17.1. The normalized spacial score (nSPS) is 18.8. The Hall–Kier alpha value is -3.99. The number of imidazole rings is 1. The predicted octanol–water partition coefficient (Wildman–Crippen LogP) is 10.7. The summed E-state index contributed by atoms with van der Waals surface area (Å²) in [5.41, 5.74) is 6.84. The highest BCUT2D eigenvalue weighted by atomic mass is 19.1. The van der Waals surface area contributed by atoms with E-state index >= 15 is 0 Å². The predicted molar refractivity (Wildman–Crippen MR) is 187 cm³/mol. The van der Waals surface area contributed by atoms with E-state index in [9.17, 15) is 9.18 Å². The van der Waals surface area contributed by atoms with Gasteiger partial charge in [-0.2, -0.15) is 0 Å². The molecule has 5 heteroatoms. The second kappa shape index (κ2) is 16.0. The van der Waals surface area contributed by atoms with Crippen LogP contribution in [-0.2, 0) is 16.0 Å². The number of allylic oxidation sites excluding steroid dienone is 5. The van der Waals surface area contributed by atoms with E-state index in [0.29, 0.717) is 23.8 Å². The van der Waals surface area contributed by atoms with Gasteiger partial charge in [-0.1, -0.05) is 69.5 Å². The van der Waals surface area contributed by atoms with Crippen LogP contribution in [0.2, 0.25) is 0 Å². The number of aromatic nitrogens is 2. The standard InChI is InChI=1S/C41H49FN2O2/c1-5-30-18-21-36(22-19-30)44-28-39(35-20-23-38(42)29(3)24-35)43-41(44)27-37(45)25-32-12-9-11-31(14-16-32)15-17-33-10-7-8-13-34(6-2)40(26-33)46-4/h5,10,13,18-24,26,28,31-32H,1,6-9,11-12,14-17,25,27H2,2-4H3. The van der Waals surface area contributed by atoms with Crippen molar-refractivity contribution >= 4 is 11.9 Å². The number of carbonyl (C=O) groups excluding carboxylic acids is 1.